The molecule has 0 amide bonds. The predicted octanol–water partition coefficient (Wildman–Crippen LogP) is 5.52. The zero-order valence-electron chi connectivity index (χ0n) is 18.2. The minimum Gasteiger partial charge on any atom is -0.363 e. The molecular weight excluding hydrogens is 415 g/mol. The molecule has 0 spiro atoms. The highest BCUT2D eigenvalue weighted by atomic mass is 19.1. The maximum absolute atomic E-state index is 15.2. The number of pyridine rings is 3. The lowest BCUT2D eigenvalue weighted by atomic mass is 10.1. The molecule has 0 saturated heterocycles. The topological polar surface area (TPSA) is 76.5 Å². The van der Waals surface area contributed by atoms with Crippen LogP contribution in [0.5, 0.6) is 0 Å². The fourth-order valence-corrected chi connectivity index (χ4v) is 3.83. The number of fused-ring (bicyclic) bond motifs is 1. The van der Waals surface area contributed by atoms with Crippen molar-refractivity contribution in [3.63, 3.8) is 0 Å². The van der Waals surface area contributed by atoms with Crippen LogP contribution in [0.25, 0.3) is 33.4 Å². The Balaban J connectivity index is 1.37. The SMILES string of the molecule is Cc1cc(-c2ncc(CNc3ncnc(-c4ccc5ncccc5c4)c3F)cc2C)ccn1. The number of nitrogens with one attached hydrogen (secondary N) is 1. The zero-order chi connectivity index (χ0) is 22.8. The van der Waals surface area contributed by atoms with Crippen LogP contribution < -0.4 is 5.32 Å². The molecule has 0 saturated carbocycles. The second kappa shape index (κ2) is 8.70. The number of hydrogen-bond acceptors (Lipinski definition) is 6. The number of aromatic nitrogens is 5. The third-order valence-electron chi connectivity index (χ3n) is 5.43. The Morgan fingerprint density at radius 1 is 0.818 bits per heavy atom. The number of nitrogens with zero attached hydrogens (tertiary/aromatic N) is 5. The molecule has 162 valence electrons. The summed E-state index contributed by atoms with van der Waals surface area (Å²) in [5, 5.41) is 4.01. The Morgan fingerprint density at radius 3 is 2.55 bits per heavy atom. The van der Waals surface area contributed by atoms with Gasteiger partial charge in [-0.1, -0.05) is 18.2 Å². The normalized spacial score (nSPS) is 11.0. The minimum absolute atomic E-state index is 0.151. The van der Waals surface area contributed by atoms with Gasteiger partial charge in [-0.3, -0.25) is 15.0 Å². The predicted molar refractivity (Wildman–Crippen MR) is 127 cm³/mol. The van der Waals surface area contributed by atoms with Gasteiger partial charge >= 0.3 is 0 Å². The fourth-order valence-electron chi connectivity index (χ4n) is 3.83. The Hall–Kier alpha value is -4.26. The van der Waals surface area contributed by atoms with Crippen molar-refractivity contribution in [3.05, 3.63) is 96.1 Å². The first-order valence-electron chi connectivity index (χ1n) is 10.6. The zero-order valence-corrected chi connectivity index (χ0v) is 18.2. The summed E-state index contributed by atoms with van der Waals surface area (Å²) in [6.45, 7) is 4.36. The number of anilines is 1. The van der Waals surface area contributed by atoms with Gasteiger partial charge in [-0.15, -0.1) is 0 Å². The molecule has 7 heteroatoms. The first-order valence-corrected chi connectivity index (χ1v) is 10.6. The largest absolute Gasteiger partial charge is 0.363 e. The van der Waals surface area contributed by atoms with Crippen LogP contribution in [0.3, 0.4) is 0 Å². The van der Waals surface area contributed by atoms with Crippen LogP contribution in [0.1, 0.15) is 16.8 Å². The summed E-state index contributed by atoms with van der Waals surface area (Å²) in [5.74, 6) is -0.341. The van der Waals surface area contributed by atoms with Gasteiger partial charge in [0, 0.05) is 47.3 Å². The monoisotopic (exact) mass is 436 g/mol. The van der Waals surface area contributed by atoms with Gasteiger partial charge in [0.05, 0.1) is 11.2 Å². The molecule has 4 aromatic heterocycles. The van der Waals surface area contributed by atoms with Crippen molar-refractivity contribution in [2.45, 2.75) is 20.4 Å². The van der Waals surface area contributed by atoms with Crippen LogP contribution in [0.15, 0.2) is 73.4 Å². The van der Waals surface area contributed by atoms with E-state index in [1.165, 1.54) is 6.33 Å². The van der Waals surface area contributed by atoms with Crippen molar-refractivity contribution in [1.82, 2.24) is 24.9 Å². The highest BCUT2D eigenvalue weighted by Crippen LogP contribution is 2.27. The van der Waals surface area contributed by atoms with E-state index in [9.17, 15) is 0 Å². The van der Waals surface area contributed by atoms with E-state index >= 15 is 4.39 Å². The van der Waals surface area contributed by atoms with Crippen molar-refractivity contribution in [2.24, 2.45) is 0 Å². The second-order valence-corrected chi connectivity index (χ2v) is 7.84. The molecular formula is C26H21FN6. The molecule has 1 aromatic carbocycles. The molecule has 0 aliphatic rings. The highest BCUT2D eigenvalue weighted by Gasteiger charge is 2.14. The van der Waals surface area contributed by atoms with Gasteiger partial charge in [-0.05, 0) is 55.3 Å². The molecule has 4 heterocycles. The number of hydrogen-bond donors (Lipinski definition) is 1. The van der Waals surface area contributed by atoms with E-state index in [4.69, 9.17) is 0 Å². The Labute approximate surface area is 190 Å². The third-order valence-corrected chi connectivity index (χ3v) is 5.43. The van der Waals surface area contributed by atoms with Crippen LogP contribution in [0.4, 0.5) is 10.2 Å². The second-order valence-electron chi connectivity index (χ2n) is 7.84. The summed E-state index contributed by atoms with van der Waals surface area (Å²) in [6, 6.07) is 15.3. The standard InChI is InChI=1S/C26H21FN6/c1-16-10-18(13-30-24(16)21-7-9-28-17(2)11-21)14-31-26-23(27)25(32-15-33-26)20-5-6-22-19(12-20)4-3-8-29-22/h3-13,15H,14H2,1-2H3,(H,31,32,33). The molecule has 0 unspecified atom stereocenters. The van der Waals surface area contributed by atoms with E-state index in [0.29, 0.717) is 12.1 Å². The van der Waals surface area contributed by atoms with E-state index in [2.05, 4.69) is 30.2 Å². The van der Waals surface area contributed by atoms with E-state index in [-0.39, 0.29) is 11.5 Å². The lowest BCUT2D eigenvalue weighted by Gasteiger charge is -2.11. The maximum atomic E-state index is 15.2. The van der Waals surface area contributed by atoms with Crippen LogP contribution in [-0.4, -0.2) is 24.9 Å². The molecule has 6 nitrogen and oxygen atoms in total. The van der Waals surface area contributed by atoms with Gasteiger partial charge in [0.25, 0.3) is 0 Å². The Morgan fingerprint density at radius 2 is 1.70 bits per heavy atom. The van der Waals surface area contributed by atoms with Gasteiger partial charge in [0.1, 0.15) is 12.0 Å². The summed E-state index contributed by atoms with van der Waals surface area (Å²) >= 11 is 0. The summed E-state index contributed by atoms with van der Waals surface area (Å²) < 4.78 is 15.2. The van der Waals surface area contributed by atoms with E-state index in [1.807, 2.05) is 62.4 Å². The molecule has 0 aliphatic heterocycles. The van der Waals surface area contributed by atoms with Crippen molar-refractivity contribution in [3.8, 4) is 22.5 Å². The van der Waals surface area contributed by atoms with Crippen molar-refractivity contribution in [1.29, 1.82) is 0 Å². The number of benzene rings is 1. The average molecular weight is 436 g/mol. The summed E-state index contributed by atoms with van der Waals surface area (Å²) in [6.07, 6.45) is 6.67. The number of rotatable bonds is 5. The first-order chi connectivity index (χ1) is 16.1. The average Bonchev–Trinajstić information content (AvgIpc) is 2.83. The molecule has 33 heavy (non-hydrogen) atoms. The summed E-state index contributed by atoms with van der Waals surface area (Å²) in [5.41, 5.74) is 6.61. The van der Waals surface area contributed by atoms with Gasteiger partial charge in [-0.25, -0.2) is 14.4 Å². The van der Waals surface area contributed by atoms with Crippen molar-refractivity contribution < 1.29 is 4.39 Å². The lowest BCUT2D eigenvalue weighted by Crippen LogP contribution is -2.06. The molecule has 0 atom stereocenters. The van der Waals surface area contributed by atoms with E-state index in [0.717, 1.165) is 39.0 Å². The fraction of sp³-hybridized carbons (Fsp3) is 0.115. The van der Waals surface area contributed by atoms with Crippen molar-refractivity contribution >= 4 is 16.7 Å². The van der Waals surface area contributed by atoms with E-state index < -0.39 is 5.82 Å². The quantitative estimate of drug-likeness (QED) is 0.391. The van der Waals surface area contributed by atoms with Crippen LogP contribution >= 0.6 is 0 Å². The molecule has 0 radical (unpaired) electrons. The Kier molecular flexibility index (Phi) is 5.44. The van der Waals surface area contributed by atoms with Crippen LogP contribution in [0, 0.1) is 19.7 Å². The first kappa shape index (κ1) is 20.6. The third kappa shape index (κ3) is 4.25. The highest BCUT2D eigenvalue weighted by molar-refractivity contribution is 5.84. The summed E-state index contributed by atoms with van der Waals surface area (Å²) in [7, 11) is 0. The molecule has 0 fully saturated rings. The van der Waals surface area contributed by atoms with Crippen LogP contribution in [0.2, 0.25) is 0 Å². The summed E-state index contributed by atoms with van der Waals surface area (Å²) in [4.78, 5) is 21.4. The van der Waals surface area contributed by atoms with Gasteiger partial charge < -0.3 is 5.32 Å². The number of halogens is 1. The molecule has 5 rings (SSSR count). The lowest BCUT2D eigenvalue weighted by molar-refractivity contribution is 0.621. The molecule has 0 bridgehead atoms. The molecule has 0 aliphatic carbocycles. The van der Waals surface area contributed by atoms with Gasteiger partial charge in [0.15, 0.2) is 11.6 Å². The molecule has 5 aromatic rings. The van der Waals surface area contributed by atoms with Gasteiger partial charge in [-0.2, -0.15) is 0 Å². The number of aryl methyl sites for hydroxylation is 2. The Bertz CT molecular complexity index is 1470. The minimum atomic E-state index is -0.491. The molecule has 1 N–H and O–H groups in total. The van der Waals surface area contributed by atoms with Crippen molar-refractivity contribution in [2.75, 3.05) is 5.32 Å². The maximum Gasteiger partial charge on any atom is 0.191 e. The van der Waals surface area contributed by atoms with Crippen LogP contribution in [-0.2, 0) is 6.54 Å². The van der Waals surface area contributed by atoms with E-state index in [1.54, 1.807) is 18.6 Å². The smallest absolute Gasteiger partial charge is 0.191 e. The van der Waals surface area contributed by atoms with Gasteiger partial charge in [0.2, 0.25) is 0 Å².